The Kier molecular flexibility index (Phi) is 3.89. The molecular formula is C4H8BrO-. The molecule has 2 heteroatoms. The number of hydrogen-bond acceptors (Lipinski definition) is 1. The molecule has 0 bridgehead atoms. The third kappa shape index (κ3) is 4.44. The van der Waals surface area contributed by atoms with E-state index in [0.29, 0.717) is 0 Å². The van der Waals surface area contributed by atoms with Gasteiger partial charge in [0, 0.05) is 6.61 Å². The zero-order valence-electron chi connectivity index (χ0n) is 3.52. The Hall–Kier alpha value is 0.440. The van der Waals surface area contributed by atoms with E-state index in [2.05, 4.69) is 22.9 Å². The summed E-state index contributed by atoms with van der Waals surface area (Å²) < 4.78 is 0. The van der Waals surface area contributed by atoms with E-state index in [4.69, 9.17) is 5.11 Å². The summed E-state index contributed by atoms with van der Waals surface area (Å²) in [5.74, 6) is 0. The average molecular weight is 152 g/mol. The maximum atomic E-state index is 8.17. The first-order valence-electron chi connectivity index (χ1n) is 1.85. The molecule has 38 valence electrons. The highest BCUT2D eigenvalue weighted by Crippen LogP contribution is 1.99. The molecule has 0 amide bonds. The third-order valence-corrected chi connectivity index (χ3v) is 0.900. The van der Waals surface area contributed by atoms with Crippen LogP contribution in [0.3, 0.4) is 0 Å². The Balaban J connectivity index is 2.63. The van der Waals surface area contributed by atoms with Gasteiger partial charge in [0.1, 0.15) is 0 Å². The maximum Gasteiger partial charge on any atom is 0.0416 e. The van der Waals surface area contributed by atoms with E-state index in [0.717, 1.165) is 6.42 Å². The van der Waals surface area contributed by atoms with Gasteiger partial charge in [0.25, 0.3) is 0 Å². The minimum Gasteiger partial charge on any atom is -0.396 e. The van der Waals surface area contributed by atoms with Crippen molar-refractivity contribution in [3.8, 4) is 0 Å². The lowest BCUT2D eigenvalue weighted by molar-refractivity contribution is 0.291. The van der Waals surface area contributed by atoms with Crippen LogP contribution < -0.4 is 0 Å². The van der Waals surface area contributed by atoms with Crippen LogP contribution in [0.2, 0.25) is 0 Å². The topological polar surface area (TPSA) is 20.2 Å². The zero-order valence-corrected chi connectivity index (χ0v) is 5.11. The SMILES string of the molecule is [CH2-][C@@H](Br)CCO. The highest BCUT2D eigenvalue weighted by molar-refractivity contribution is 9.09. The Morgan fingerprint density at radius 3 is 2.33 bits per heavy atom. The lowest BCUT2D eigenvalue weighted by Gasteiger charge is -2.01. The molecule has 1 atom stereocenters. The van der Waals surface area contributed by atoms with Crippen molar-refractivity contribution in [2.75, 3.05) is 6.61 Å². The van der Waals surface area contributed by atoms with E-state index in [1.807, 2.05) is 0 Å². The molecule has 0 aliphatic rings. The predicted molar refractivity (Wildman–Crippen MR) is 29.8 cm³/mol. The van der Waals surface area contributed by atoms with Crippen LogP contribution >= 0.6 is 15.9 Å². The van der Waals surface area contributed by atoms with Gasteiger partial charge in [-0.25, -0.2) is 0 Å². The van der Waals surface area contributed by atoms with Gasteiger partial charge >= 0.3 is 0 Å². The summed E-state index contributed by atoms with van der Waals surface area (Å²) in [4.78, 5) is 0.211. The molecule has 0 aliphatic carbocycles. The summed E-state index contributed by atoms with van der Waals surface area (Å²) >= 11 is 3.16. The van der Waals surface area contributed by atoms with Crippen molar-refractivity contribution in [2.24, 2.45) is 0 Å². The third-order valence-electron chi connectivity index (χ3n) is 0.442. The molecule has 0 rings (SSSR count). The number of aliphatic hydroxyl groups excluding tert-OH is 1. The van der Waals surface area contributed by atoms with E-state index in [1.54, 1.807) is 0 Å². The molecule has 0 saturated heterocycles. The summed E-state index contributed by atoms with van der Waals surface area (Å²) in [5.41, 5.74) is 0. The fourth-order valence-corrected chi connectivity index (χ4v) is 0.345. The summed E-state index contributed by atoms with van der Waals surface area (Å²) in [7, 11) is 0. The second kappa shape index (κ2) is 3.62. The molecule has 0 aromatic carbocycles. The lowest BCUT2D eigenvalue weighted by atomic mass is 10.4. The van der Waals surface area contributed by atoms with Gasteiger partial charge in [-0.1, -0.05) is 0 Å². The Labute approximate surface area is 46.5 Å². The molecule has 0 aromatic heterocycles. The first-order chi connectivity index (χ1) is 2.77. The molecule has 0 radical (unpaired) electrons. The van der Waals surface area contributed by atoms with Crippen LogP contribution in [0.15, 0.2) is 0 Å². The van der Waals surface area contributed by atoms with Gasteiger partial charge in [-0.05, 0) is 6.42 Å². The molecule has 0 unspecified atom stereocenters. The second-order valence-electron chi connectivity index (χ2n) is 1.11. The fraction of sp³-hybridized carbons (Fsp3) is 0.750. The van der Waals surface area contributed by atoms with Crippen LogP contribution in [0.4, 0.5) is 0 Å². The number of rotatable bonds is 2. The van der Waals surface area contributed by atoms with Crippen molar-refractivity contribution in [1.29, 1.82) is 0 Å². The standard InChI is InChI=1S/C4H8BrO/c1-4(5)2-3-6/h4,6H,1-3H2/q-1/t4-/m1/s1. The zero-order chi connectivity index (χ0) is 4.99. The van der Waals surface area contributed by atoms with Gasteiger partial charge < -0.3 is 12.0 Å². The molecule has 0 fully saturated rings. The van der Waals surface area contributed by atoms with E-state index >= 15 is 0 Å². The summed E-state index contributed by atoms with van der Waals surface area (Å²) in [6.07, 6.45) is 0.736. The average Bonchev–Trinajstić information content (AvgIpc) is 1.35. The molecule has 0 aromatic rings. The van der Waals surface area contributed by atoms with Gasteiger partial charge in [0.05, 0.1) is 0 Å². The van der Waals surface area contributed by atoms with Crippen LogP contribution in [0.25, 0.3) is 0 Å². The Morgan fingerprint density at radius 2 is 2.33 bits per heavy atom. The van der Waals surface area contributed by atoms with E-state index in [1.165, 1.54) is 0 Å². The Bertz CT molecular complexity index is 28.7. The van der Waals surface area contributed by atoms with Crippen LogP contribution in [-0.2, 0) is 0 Å². The fourth-order valence-electron chi connectivity index (χ4n) is 0.140. The van der Waals surface area contributed by atoms with Gasteiger partial charge in [-0.3, -0.25) is 0 Å². The molecule has 0 aliphatic heterocycles. The van der Waals surface area contributed by atoms with Crippen molar-refractivity contribution in [1.82, 2.24) is 0 Å². The van der Waals surface area contributed by atoms with Gasteiger partial charge in [-0.2, -0.15) is 0 Å². The van der Waals surface area contributed by atoms with E-state index in [9.17, 15) is 0 Å². The van der Waals surface area contributed by atoms with Crippen LogP contribution in [0.1, 0.15) is 6.42 Å². The largest absolute Gasteiger partial charge is 0.396 e. The minimum atomic E-state index is 0.211. The number of halogens is 1. The molecule has 0 spiro atoms. The molecule has 1 nitrogen and oxygen atoms in total. The van der Waals surface area contributed by atoms with E-state index < -0.39 is 0 Å². The maximum absolute atomic E-state index is 8.17. The van der Waals surface area contributed by atoms with Crippen molar-refractivity contribution in [3.05, 3.63) is 6.92 Å². The molecule has 1 N–H and O–H groups in total. The quantitative estimate of drug-likeness (QED) is 0.461. The van der Waals surface area contributed by atoms with Gasteiger partial charge in [0.15, 0.2) is 0 Å². The highest BCUT2D eigenvalue weighted by Gasteiger charge is 1.80. The van der Waals surface area contributed by atoms with Crippen molar-refractivity contribution < 1.29 is 5.11 Å². The smallest absolute Gasteiger partial charge is 0.0416 e. The van der Waals surface area contributed by atoms with Crippen LogP contribution in [0, 0.1) is 6.92 Å². The Morgan fingerprint density at radius 1 is 1.83 bits per heavy atom. The number of alkyl halides is 1. The van der Waals surface area contributed by atoms with Gasteiger partial charge in [-0.15, -0.1) is 20.8 Å². The molecule has 6 heavy (non-hydrogen) atoms. The molecule has 0 saturated carbocycles. The second-order valence-corrected chi connectivity index (χ2v) is 2.40. The summed E-state index contributed by atoms with van der Waals surface area (Å²) in [6, 6.07) is 0. The van der Waals surface area contributed by atoms with Gasteiger partial charge in [0.2, 0.25) is 0 Å². The predicted octanol–water partition coefficient (Wildman–Crippen LogP) is 0.966. The van der Waals surface area contributed by atoms with Crippen molar-refractivity contribution in [3.63, 3.8) is 0 Å². The molecule has 0 heterocycles. The number of hydrogen-bond donors (Lipinski definition) is 1. The summed E-state index contributed by atoms with van der Waals surface area (Å²) in [6.45, 7) is 3.81. The molecular weight excluding hydrogens is 144 g/mol. The number of aliphatic hydroxyl groups is 1. The highest BCUT2D eigenvalue weighted by atomic mass is 79.9. The van der Waals surface area contributed by atoms with Crippen molar-refractivity contribution >= 4 is 15.9 Å². The van der Waals surface area contributed by atoms with E-state index in [-0.39, 0.29) is 11.4 Å². The first-order valence-corrected chi connectivity index (χ1v) is 2.77. The van der Waals surface area contributed by atoms with Crippen molar-refractivity contribution in [2.45, 2.75) is 11.2 Å². The first kappa shape index (κ1) is 6.44. The van der Waals surface area contributed by atoms with Crippen LogP contribution in [-0.4, -0.2) is 16.5 Å². The normalized spacial score (nSPS) is 14.5. The lowest BCUT2D eigenvalue weighted by Crippen LogP contribution is -1.92. The summed E-state index contributed by atoms with van der Waals surface area (Å²) in [5, 5.41) is 8.17. The minimum absolute atomic E-state index is 0.211. The van der Waals surface area contributed by atoms with Crippen LogP contribution in [0.5, 0.6) is 0 Å². The monoisotopic (exact) mass is 151 g/mol.